The number of nitrogens with zero attached hydrogens (tertiary/aromatic N) is 1. The van der Waals surface area contributed by atoms with Crippen molar-refractivity contribution < 1.29 is 4.40 Å². The monoisotopic (exact) mass is 240 g/mol. The summed E-state index contributed by atoms with van der Waals surface area (Å²) < 4.78 is 2.25. The fourth-order valence-electron chi connectivity index (χ4n) is 2.44. The Morgan fingerprint density at radius 2 is 1.82 bits per heavy atom. The molecule has 0 N–H and O–H groups in total. The molecular weight excluding hydrogens is 226 g/mol. The second-order valence-electron chi connectivity index (χ2n) is 4.40. The molecule has 17 heavy (non-hydrogen) atoms. The fraction of sp³-hybridized carbons (Fsp3) is 0.133. The highest BCUT2D eigenvalue weighted by Crippen LogP contribution is 2.27. The molecule has 3 aromatic rings. The number of benzene rings is 1. The number of aromatic nitrogens is 1. The van der Waals surface area contributed by atoms with E-state index in [1.807, 2.05) is 0 Å². The maximum absolute atomic E-state index is 4.67. The van der Waals surface area contributed by atoms with Crippen LogP contribution in [0, 0.1) is 13.8 Å². The van der Waals surface area contributed by atoms with Gasteiger partial charge in [0.25, 0.3) is 0 Å². The summed E-state index contributed by atoms with van der Waals surface area (Å²) in [6.45, 7) is 4.27. The minimum atomic E-state index is 1.08. The van der Waals surface area contributed by atoms with Gasteiger partial charge >= 0.3 is 0 Å². The van der Waals surface area contributed by atoms with Gasteiger partial charge in [0.05, 0.1) is 5.39 Å². The molecule has 0 bridgehead atoms. The predicted molar refractivity (Wildman–Crippen MR) is 73.8 cm³/mol. The third kappa shape index (κ3) is 1.44. The number of fused-ring (bicyclic) bond motifs is 3. The second kappa shape index (κ2) is 3.74. The Balaban J connectivity index is 2.72. The number of aryl methyl sites for hydroxylation is 2. The molecule has 0 saturated carbocycles. The van der Waals surface area contributed by atoms with Crippen LogP contribution in [0.15, 0.2) is 47.5 Å². The van der Waals surface area contributed by atoms with Gasteiger partial charge in [-0.25, -0.2) is 0 Å². The van der Waals surface area contributed by atoms with Gasteiger partial charge in [0.15, 0.2) is 6.20 Å². The van der Waals surface area contributed by atoms with Crippen LogP contribution in [0.25, 0.3) is 16.4 Å². The van der Waals surface area contributed by atoms with Crippen LogP contribution in [-0.2, 0) is 0 Å². The maximum atomic E-state index is 4.67. The number of thiol groups is 1. The van der Waals surface area contributed by atoms with E-state index in [4.69, 9.17) is 0 Å². The molecule has 0 saturated heterocycles. The molecule has 2 heteroatoms. The van der Waals surface area contributed by atoms with E-state index >= 15 is 0 Å². The first kappa shape index (κ1) is 10.6. The molecule has 0 aliphatic heterocycles. The summed E-state index contributed by atoms with van der Waals surface area (Å²) in [7, 11) is 0. The van der Waals surface area contributed by atoms with Gasteiger partial charge in [-0.3, -0.25) is 0 Å². The summed E-state index contributed by atoms with van der Waals surface area (Å²) in [6.07, 6.45) is 2.12. The van der Waals surface area contributed by atoms with Gasteiger partial charge in [-0.15, -0.1) is 12.6 Å². The average molecular weight is 240 g/mol. The normalized spacial score (nSPS) is 11.2. The highest BCUT2D eigenvalue weighted by Gasteiger charge is 2.17. The lowest BCUT2D eigenvalue weighted by atomic mass is 10.1. The summed E-state index contributed by atoms with van der Waals surface area (Å²) in [5.41, 5.74) is 4.98. The Morgan fingerprint density at radius 3 is 2.65 bits per heavy atom. The topological polar surface area (TPSA) is 4.10 Å². The number of para-hydroxylation sites is 1. The maximum Gasteiger partial charge on any atom is 0.222 e. The van der Waals surface area contributed by atoms with E-state index in [1.165, 1.54) is 27.5 Å². The zero-order valence-corrected chi connectivity index (χ0v) is 10.8. The lowest BCUT2D eigenvalue weighted by Gasteiger charge is -2.06. The van der Waals surface area contributed by atoms with E-state index in [1.54, 1.807) is 0 Å². The average Bonchev–Trinajstić information content (AvgIpc) is 2.36. The van der Waals surface area contributed by atoms with Crippen molar-refractivity contribution in [3.8, 4) is 0 Å². The van der Waals surface area contributed by atoms with Crippen LogP contribution < -0.4 is 4.40 Å². The van der Waals surface area contributed by atoms with Crippen LogP contribution in [0.3, 0.4) is 0 Å². The van der Waals surface area contributed by atoms with E-state index in [2.05, 4.69) is 73.5 Å². The molecule has 0 radical (unpaired) electrons. The van der Waals surface area contributed by atoms with E-state index in [0.717, 1.165) is 4.90 Å². The lowest BCUT2D eigenvalue weighted by molar-refractivity contribution is -0.482. The van der Waals surface area contributed by atoms with Gasteiger partial charge in [-0.2, -0.15) is 4.40 Å². The molecule has 2 aromatic heterocycles. The smallest absolute Gasteiger partial charge is 0.159 e. The molecule has 84 valence electrons. The van der Waals surface area contributed by atoms with Crippen molar-refractivity contribution in [2.75, 3.05) is 0 Å². The van der Waals surface area contributed by atoms with E-state index in [0.29, 0.717) is 0 Å². The summed E-state index contributed by atoms with van der Waals surface area (Å²) >= 11 is 4.67. The van der Waals surface area contributed by atoms with Crippen molar-refractivity contribution in [2.24, 2.45) is 0 Å². The molecule has 0 fully saturated rings. The molecule has 0 aliphatic carbocycles. The first-order chi connectivity index (χ1) is 8.20. The Kier molecular flexibility index (Phi) is 2.33. The largest absolute Gasteiger partial charge is 0.222 e. The van der Waals surface area contributed by atoms with Crippen LogP contribution in [0.2, 0.25) is 0 Å². The molecule has 0 spiro atoms. The number of hydrogen-bond donors (Lipinski definition) is 1. The van der Waals surface area contributed by atoms with Crippen LogP contribution in [0.5, 0.6) is 0 Å². The highest BCUT2D eigenvalue weighted by molar-refractivity contribution is 7.80. The van der Waals surface area contributed by atoms with Gasteiger partial charge in [-0.1, -0.05) is 12.1 Å². The van der Waals surface area contributed by atoms with Crippen LogP contribution in [-0.4, -0.2) is 0 Å². The third-order valence-corrected chi connectivity index (χ3v) is 3.91. The van der Waals surface area contributed by atoms with Crippen LogP contribution >= 0.6 is 12.6 Å². The van der Waals surface area contributed by atoms with Crippen molar-refractivity contribution in [2.45, 2.75) is 18.7 Å². The number of hydrogen-bond acceptors (Lipinski definition) is 1. The molecule has 1 nitrogen and oxygen atoms in total. The minimum absolute atomic E-state index is 1.08. The Labute approximate surface area is 106 Å². The highest BCUT2D eigenvalue weighted by atomic mass is 32.1. The number of pyridine rings is 2. The molecule has 3 rings (SSSR count). The zero-order valence-electron chi connectivity index (χ0n) is 9.94. The zero-order chi connectivity index (χ0) is 12.0. The quantitative estimate of drug-likeness (QED) is 0.348. The first-order valence-electron chi connectivity index (χ1n) is 5.71. The first-order valence-corrected chi connectivity index (χ1v) is 6.16. The van der Waals surface area contributed by atoms with Crippen LogP contribution in [0.4, 0.5) is 0 Å². The van der Waals surface area contributed by atoms with Crippen molar-refractivity contribution in [1.82, 2.24) is 0 Å². The summed E-state index contributed by atoms with van der Waals surface area (Å²) in [4.78, 5) is 1.08. The van der Waals surface area contributed by atoms with Gasteiger partial charge in [0.1, 0.15) is 0 Å². The molecule has 1 aromatic carbocycles. The summed E-state index contributed by atoms with van der Waals surface area (Å²) in [6, 6.07) is 12.6. The van der Waals surface area contributed by atoms with Gasteiger partial charge in [-0.05, 0) is 26.0 Å². The molecule has 2 heterocycles. The van der Waals surface area contributed by atoms with E-state index in [-0.39, 0.29) is 0 Å². The third-order valence-electron chi connectivity index (χ3n) is 3.33. The summed E-state index contributed by atoms with van der Waals surface area (Å²) in [5, 5.41) is 1.22. The lowest BCUT2D eigenvalue weighted by Crippen LogP contribution is -2.24. The molecular formula is C15H14NS+. The second-order valence-corrected chi connectivity index (χ2v) is 4.85. The standard InChI is InChI=1S/C15H13NS/c1-10-6-5-7-12-14(10)16-9-4-3-8-13(16)11(2)15(12)17/h3-9H,1-2H3/p+1. The van der Waals surface area contributed by atoms with Crippen molar-refractivity contribution >= 4 is 29.0 Å². The SMILES string of the molecule is Cc1c(S)c2cccc(C)c2[n+]2ccccc12. The van der Waals surface area contributed by atoms with Gasteiger partial charge in [0.2, 0.25) is 11.0 Å². The molecule has 0 amide bonds. The Morgan fingerprint density at radius 1 is 1.00 bits per heavy atom. The van der Waals surface area contributed by atoms with Crippen molar-refractivity contribution in [3.63, 3.8) is 0 Å². The molecule has 0 aliphatic rings. The predicted octanol–water partition coefficient (Wildman–Crippen LogP) is 3.48. The number of rotatable bonds is 0. The van der Waals surface area contributed by atoms with Gasteiger partial charge < -0.3 is 0 Å². The Hall–Kier alpha value is -1.54. The van der Waals surface area contributed by atoms with E-state index < -0.39 is 0 Å². The van der Waals surface area contributed by atoms with Crippen molar-refractivity contribution in [1.29, 1.82) is 0 Å². The molecule has 0 atom stereocenters. The Bertz CT molecular complexity index is 732. The van der Waals surface area contributed by atoms with E-state index in [9.17, 15) is 0 Å². The van der Waals surface area contributed by atoms with Crippen molar-refractivity contribution in [3.05, 3.63) is 53.7 Å². The molecule has 0 unspecified atom stereocenters. The summed E-state index contributed by atoms with van der Waals surface area (Å²) in [5.74, 6) is 0. The van der Waals surface area contributed by atoms with Gasteiger partial charge in [0, 0.05) is 28.2 Å². The van der Waals surface area contributed by atoms with Crippen LogP contribution in [0.1, 0.15) is 11.1 Å². The minimum Gasteiger partial charge on any atom is -0.159 e. The fourth-order valence-corrected chi connectivity index (χ4v) is 2.73.